The molecule has 3 aromatic rings. The van der Waals surface area contributed by atoms with E-state index < -0.39 is 5.41 Å². The molecule has 0 aliphatic heterocycles. The highest BCUT2D eigenvalue weighted by molar-refractivity contribution is 7.06. The van der Waals surface area contributed by atoms with Gasteiger partial charge in [-0.1, -0.05) is 42.5 Å². The summed E-state index contributed by atoms with van der Waals surface area (Å²) in [6.07, 6.45) is 0.962. The Kier molecular flexibility index (Phi) is 4.11. The molecule has 0 radical (unpaired) electrons. The van der Waals surface area contributed by atoms with E-state index in [0.717, 1.165) is 21.7 Å². The lowest BCUT2D eigenvalue weighted by atomic mass is 9.75. The highest BCUT2D eigenvalue weighted by Crippen LogP contribution is 2.47. The number of hydrogen-bond acceptors (Lipinski definition) is 4. The third-order valence-electron chi connectivity index (χ3n) is 5.22. The summed E-state index contributed by atoms with van der Waals surface area (Å²) in [5.74, 6) is -0.629. The molecule has 132 valence electrons. The molecule has 0 fully saturated rings. The number of ether oxygens (including phenoxy) is 1. The van der Waals surface area contributed by atoms with Gasteiger partial charge in [-0.05, 0) is 47.6 Å². The molecule has 0 amide bonds. The molecule has 1 unspecified atom stereocenters. The minimum absolute atomic E-state index is 0.303. The van der Waals surface area contributed by atoms with Crippen LogP contribution in [-0.4, -0.2) is 17.5 Å². The Hall–Kier alpha value is -2.53. The van der Waals surface area contributed by atoms with Crippen LogP contribution in [0.25, 0.3) is 11.3 Å². The highest BCUT2D eigenvalue weighted by Gasteiger charge is 2.49. The zero-order valence-corrected chi connectivity index (χ0v) is 15.4. The van der Waals surface area contributed by atoms with Crippen LogP contribution in [0.1, 0.15) is 21.6 Å². The Balaban J connectivity index is 1.85. The topological polar surface area (TPSA) is 39.2 Å². The van der Waals surface area contributed by atoms with Crippen LogP contribution in [0.5, 0.6) is 0 Å². The molecule has 0 saturated heterocycles. The monoisotopic (exact) mass is 367 g/mol. The molecule has 26 heavy (non-hydrogen) atoms. The Bertz CT molecular complexity index is 983. The minimum atomic E-state index is -0.894. The van der Waals surface area contributed by atoms with Crippen LogP contribution in [0.4, 0.5) is 4.39 Å². The van der Waals surface area contributed by atoms with Crippen LogP contribution < -0.4 is 0 Å². The first-order valence-corrected chi connectivity index (χ1v) is 9.21. The molecule has 1 heterocycles. The van der Waals surface area contributed by atoms with Gasteiger partial charge in [0, 0.05) is 16.9 Å². The van der Waals surface area contributed by atoms with Gasteiger partial charge in [-0.3, -0.25) is 4.79 Å². The van der Waals surface area contributed by atoms with Crippen molar-refractivity contribution in [3.63, 3.8) is 0 Å². The molecular formula is C21H18FNO2S. The molecule has 3 nitrogen and oxygen atoms in total. The van der Waals surface area contributed by atoms with Crippen LogP contribution in [-0.2, 0) is 27.8 Å². The number of benzene rings is 2. The molecule has 0 spiro atoms. The third kappa shape index (κ3) is 2.46. The second kappa shape index (κ2) is 6.32. The molecule has 1 aliphatic carbocycles. The smallest absolute Gasteiger partial charge is 0.317 e. The average Bonchev–Trinajstić information content (AvgIpc) is 3.22. The summed E-state index contributed by atoms with van der Waals surface area (Å²) in [7, 11) is 1.39. The van der Waals surface area contributed by atoms with Gasteiger partial charge in [-0.15, -0.1) is 0 Å². The van der Waals surface area contributed by atoms with E-state index in [9.17, 15) is 9.18 Å². The van der Waals surface area contributed by atoms with Gasteiger partial charge in [-0.25, -0.2) is 4.39 Å². The van der Waals surface area contributed by atoms with Crippen molar-refractivity contribution in [2.45, 2.75) is 25.2 Å². The molecule has 0 bridgehead atoms. The van der Waals surface area contributed by atoms with Crippen LogP contribution in [0.3, 0.4) is 0 Å². The van der Waals surface area contributed by atoms with Gasteiger partial charge in [0.15, 0.2) is 0 Å². The quantitative estimate of drug-likeness (QED) is 0.641. The first-order chi connectivity index (χ1) is 12.6. The van der Waals surface area contributed by atoms with Crippen LogP contribution in [0.15, 0.2) is 48.5 Å². The van der Waals surface area contributed by atoms with E-state index in [1.165, 1.54) is 24.7 Å². The van der Waals surface area contributed by atoms with E-state index in [1.807, 2.05) is 36.4 Å². The SMILES string of the molecule is COC(=O)C1(c2cccc(F)c2C)Cc2snc(-c3ccccc3)c2C1. The fraction of sp³-hybridized carbons (Fsp3) is 0.238. The maximum Gasteiger partial charge on any atom is 0.317 e. The number of rotatable bonds is 3. The summed E-state index contributed by atoms with van der Waals surface area (Å²) in [5, 5.41) is 0. The van der Waals surface area contributed by atoms with E-state index in [4.69, 9.17) is 4.74 Å². The normalized spacial score (nSPS) is 18.6. The van der Waals surface area contributed by atoms with Crippen molar-refractivity contribution in [3.05, 3.63) is 75.9 Å². The standard InChI is InChI=1S/C21H18FNO2S/c1-13-16(9-6-10-17(13)22)21(20(24)25-2)11-15-18(12-21)26-23-19(15)14-7-4-3-5-8-14/h3-10H,11-12H2,1-2H3. The highest BCUT2D eigenvalue weighted by atomic mass is 32.1. The first-order valence-electron chi connectivity index (χ1n) is 8.43. The van der Waals surface area contributed by atoms with Crippen molar-refractivity contribution >= 4 is 17.5 Å². The second-order valence-corrected chi connectivity index (χ2v) is 7.50. The zero-order valence-electron chi connectivity index (χ0n) is 14.6. The first kappa shape index (κ1) is 16.9. The summed E-state index contributed by atoms with van der Waals surface area (Å²) < 4.78 is 24.0. The lowest BCUT2D eigenvalue weighted by Gasteiger charge is -2.28. The largest absolute Gasteiger partial charge is 0.468 e. The number of nitrogens with zero attached hydrogens (tertiary/aromatic N) is 1. The van der Waals surface area contributed by atoms with Gasteiger partial charge in [0.05, 0.1) is 12.8 Å². The molecular weight excluding hydrogens is 349 g/mol. The average molecular weight is 367 g/mol. The van der Waals surface area contributed by atoms with Gasteiger partial charge in [-0.2, -0.15) is 4.37 Å². The number of aromatic nitrogens is 1. The Labute approximate surface area is 155 Å². The summed E-state index contributed by atoms with van der Waals surface area (Å²) in [6.45, 7) is 1.72. The van der Waals surface area contributed by atoms with Gasteiger partial charge < -0.3 is 4.74 Å². The van der Waals surface area contributed by atoms with Crippen molar-refractivity contribution in [3.8, 4) is 11.3 Å². The van der Waals surface area contributed by atoms with Crippen LogP contribution in [0.2, 0.25) is 0 Å². The molecule has 1 aromatic heterocycles. The number of methoxy groups -OCH3 is 1. The predicted molar refractivity (Wildman–Crippen MR) is 99.8 cm³/mol. The molecule has 0 N–H and O–H groups in total. The van der Waals surface area contributed by atoms with Crippen LogP contribution >= 0.6 is 11.5 Å². The van der Waals surface area contributed by atoms with Gasteiger partial charge >= 0.3 is 5.97 Å². The summed E-state index contributed by atoms with van der Waals surface area (Å²) >= 11 is 1.42. The maximum absolute atomic E-state index is 14.2. The predicted octanol–water partition coefficient (Wildman–Crippen LogP) is 4.47. The third-order valence-corrected chi connectivity index (χ3v) is 6.10. The van der Waals surface area contributed by atoms with E-state index >= 15 is 0 Å². The van der Waals surface area contributed by atoms with E-state index in [1.54, 1.807) is 13.0 Å². The fourth-order valence-corrected chi connectivity index (χ4v) is 4.90. The summed E-state index contributed by atoms with van der Waals surface area (Å²) in [6, 6.07) is 14.9. The van der Waals surface area contributed by atoms with E-state index in [-0.39, 0.29) is 11.8 Å². The lowest BCUT2D eigenvalue weighted by Crippen LogP contribution is -2.39. The molecule has 4 rings (SSSR count). The van der Waals surface area contributed by atoms with Crippen LogP contribution in [0, 0.1) is 12.7 Å². The Morgan fingerprint density at radius 3 is 2.65 bits per heavy atom. The van der Waals surface area contributed by atoms with Gasteiger partial charge in [0.2, 0.25) is 0 Å². The number of esters is 1. The lowest BCUT2D eigenvalue weighted by molar-refractivity contribution is -0.147. The Morgan fingerprint density at radius 2 is 1.92 bits per heavy atom. The fourth-order valence-electron chi connectivity index (χ4n) is 3.89. The summed E-state index contributed by atoms with van der Waals surface area (Å²) in [5.41, 5.74) is 3.31. The zero-order chi connectivity index (χ0) is 18.3. The molecule has 1 aliphatic rings. The number of halogens is 1. The molecule has 5 heteroatoms. The summed E-state index contributed by atoms with van der Waals surface area (Å²) in [4.78, 5) is 13.9. The van der Waals surface area contributed by atoms with Gasteiger partial charge in [0.1, 0.15) is 11.2 Å². The molecule has 1 atom stereocenters. The van der Waals surface area contributed by atoms with Crippen molar-refractivity contribution in [1.29, 1.82) is 0 Å². The second-order valence-electron chi connectivity index (χ2n) is 6.64. The minimum Gasteiger partial charge on any atom is -0.468 e. The number of carbonyl (C=O) groups excluding carboxylic acids is 1. The molecule has 0 saturated carbocycles. The maximum atomic E-state index is 14.2. The van der Waals surface area contributed by atoms with Crippen molar-refractivity contribution in [1.82, 2.24) is 4.37 Å². The number of hydrogen-bond donors (Lipinski definition) is 0. The number of fused-ring (bicyclic) bond motifs is 1. The molecule has 2 aromatic carbocycles. The van der Waals surface area contributed by atoms with E-state index in [0.29, 0.717) is 24.0 Å². The van der Waals surface area contributed by atoms with Crippen molar-refractivity contribution in [2.75, 3.05) is 7.11 Å². The number of carbonyl (C=O) groups is 1. The Morgan fingerprint density at radius 1 is 1.15 bits per heavy atom. The van der Waals surface area contributed by atoms with Gasteiger partial charge in [0.25, 0.3) is 0 Å². The van der Waals surface area contributed by atoms with E-state index in [2.05, 4.69) is 4.37 Å². The van der Waals surface area contributed by atoms with Crippen molar-refractivity contribution in [2.24, 2.45) is 0 Å². The van der Waals surface area contributed by atoms with Crippen molar-refractivity contribution < 1.29 is 13.9 Å².